The van der Waals surface area contributed by atoms with Crippen LogP contribution in [0, 0.1) is 5.92 Å². The van der Waals surface area contributed by atoms with Gasteiger partial charge in [0.1, 0.15) is 6.54 Å². The number of carbonyl (C=O) groups is 1. The smallest absolute Gasteiger partial charge is 0.246 e. The Hall–Kier alpha value is -2.05. The topological polar surface area (TPSA) is 65.8 Å². The zero-order valence-electron chi connectivity index (χ0n) is 13.3. The number of aromatic nitrogens is 2. The summed E-state index contributed by atoms with van der Waals surface area (Å²) in [6.07, 6.45) is 7.53. The number of amides is 1. The Labute approximate surface area is 131 Å². The van der Waals surface area contributed by atoms with Crippen molar-refractivity contribution in [3.8, 4) is 0 Å². The lowest BCUT2D eigenvalue weighted by Gasteiger charge is -2.35. The summed E-state index contributed by atoms with van der Waals surface area (Å²) in [5, 5.41) is 7.51. The van der Waals surface area contributed by atoms with Crippen LogP contribution >= 0.6 is 0 Å². The average Bonchev–Trinajstić information content (AvgIpc) is 3.23. The zero-order chi connectivity index (χ0) is 15.5. The largest absolute Gasteiger partial charge is 0.356 e. The van der Waals surface area contributed by atoms with Crippen LogP contribution in [0.5, 0.6) is 0 Å². The third-order valence-corrected chi connectivity index (χ3v) is 4.27. The Kier molecular flexibility index (Phi) is 4.31. The van der Waals surface area contributed by atoms with E-state index >= 15 is 0 Å². The molecule has 2 fully saturated rings. The fraction of sp³-hybridized carbons (Fsp3) is 0.667. The van der Waals surface area contributed by atoms with E-state index in [2.05, 4.69) is 15.4 Å². The zero-order valence-corrected chi connectivity index (χ0v) is 13.3. The van der Waals surface area contributed by atoms with E-state index in [-0.39, 0.29) is 5.91 Å². The summed E-state index contributed by atoms with van der Waals surface area (Å²) in [5.41, 5.74) is 0.865. The lowest BCUT2D eigenvalue weighted by Crippen LogP contribution is -2.55. The van der Waals surface area contributed by atoms with Gasteiger partial charge < -0.3 is 15.1 Å². The number of anilines is 1. The molecule has 120 valence electrons. The normalized spacial score (nSPS) is 19.7. The van der Waals surface area contributed by atoms with Gasteiger partial charge in [-0.05, 0) is 12.3 Å². The van der Waals surface area contributed by atoms with Crippen molar-refractivity contribution in [2.24, 2.45) is 18.0 Å². The maximum Gasteiger partial charge on any atom is 0.246 e. The number of aliphatic imine (C=N–C) groups is 1. The Balaban J connectivity index is 1.54. The predicted octanol–water partition coefficient (Wildman–Crippen LogP) is 0.444. The van der Waals surface area contributed by atoms with Crippen molar-refractivity contribution in [3.63, 3.8) is 0 Å². The molecule has 1 aliphatic carbocycles. The molecule has 0 aromatic carbocycles. The molecule has 2 aliphatic rings. The number of guanidine groups is 1. The van der Waals surface area contributed by atoms with Crippen molar-refractivity contribution in [2.45, 2.75) is 19.3 Å². The van der Waals surface area contributed by atoms with E-state index < -0.39 is 0 Å². The van der Waals surface area contributed by atoms with Gasteiger partial charge in [-0.15, -0.1) is 0 Å². The fourth-order valence-corrected chi connectivity index (χ4v) is 2.80. The highest BCUT2D eigenvalue weighted by Gasteiger charge is 2.28. The minimum absolute atomic E-state index is 0.0874. The van der Waals surface area contributed by atoms with Gasteiger partial charge in [0.05, 0.1) is 11.9 Å². The number of hydrogen-bond donors (Lipinski definition) is 1. The molecule has 0 bridgehead atoms. The lowest BCUT2D eigenvalue weighted by molar-refractivity contribution is -0.120. The van der Waals surface area contributed by atoms with E-state index in [4.69, 9.17) is 0 Å². The van der Waals surface area contributed by atoms with Crippen LogP contribution in [0.25, 0.3) is 0 Å². The molecule has 1 saturated heterocycles. The molecule has 1 amide bonds. The molecular formula is C15H24N6O. The maximum absolute atomic E-state index is 12.4. The molecule has 2 heterocycles. The van der Waals surface area contributed by atoms with E-state index in [1.165, 1.54) is 19.3 Å². The first kappa shape index (κ1) is 14.9. The van der Waals surface area contributed by atoms with E-state index in [1.807, 2.05) is 18.1 Å². The molecule has 1 aromatic heterocycles. The van der Waals surface area contributed by atoms with Gasteiger partial charge in [-0.2, -0.15) is 5.10 Å². The third-order valence-electron chi connectivity index (χ3n) is 4.27. The quantitative estimate of drug-likeness (QED) is 0.648. The van der Waals surface area contributed by atoms with E-state index in [0.717, 1.165) is 30.7 Å². The van der Waals surface area contributed by atoms with Gasteiger partial charge in [-0.25, -0.2) is 0 Å². The summed E-state index contributed by atoms with van der Waals surface area (Å²) in [7, 11) is 3.63. The molecule has 0 spiro atoms. The predicted molar refractivity (Wildman–Crippen MR) is 85.8 cm³/mol. The maximum atomic E-state index is 12.4. The average molecular weight is 304 g/mol. The summed E-state index contributed by atoms with van der Waals surface area (Å²) in [5.74, 6) is 1.82. The van der Waals surface area contributed by atoms with E-state index in [9.17, 15) is 4.79 Å². The molecule has 1 aromatic rings. The summed E-state index contributed by atoms with van der Waals surface area (Å²) in [4.78, 5) is 20.5. The first-order valence-electron chi connectivity index (χ1n) is 7.92. The first-order valence-corrected chi connectivity index (χ1v) is 7.92. The highest BCUT2D eigenvalue weighted by atomic mass is 16.2. The molecule has 1 saturated carbocycles. The molecule has 1 aliphatic heterocycles. The number of rotatable bonds is 4. The SMILES string of the molecule is CN=C(NCCC1CC1)N1CCN(c2cnn(C)c2)C(=O)C1. The highest BCUT2D eigenvalue weighted by molar-refractivity contribution is 5.98. The highest BCUT2D eigenvalue weighted by Crippen LogP contribution is 2.31. The van der Waals surface area contributed by atoms with Crippen LogP contribution in [0.2, 0.25) is 0 Å². The molecule has 7 heteroatoms. The van der Waals surface area contributed by atoms with Crippen molar-refractivity contribution >= 4 is 17.6 Å². The summed E-state index contributed by atoms with van der Waals surface area (Å²) >= 11 is 0. The van der Waals surface area contributed by atoms with Crippen molar-refractivity contribution in [3.05, 3.63) is 12.4 Å². The fourth-order valence-electron chi connectivity index (χ4n) is 2.80. The van der Waals surface area contributed by atoms with Gasteiger partial charge in [0, 0.05) is 39.9 Å². The molecular weight excluding hydrogens is 280 g/mol. The minimum atomic E-state index is 0.0874. The second kappa shape index (κ2) is 6.37. The van der Waals surface area contributed by atoms with Crippen molar-refractivity contribution in [1.82, 2.24) is 20.0 Å². The Morgan fingerprint density at radius 3 is 2.86 bits per heavy atom. The standard InChI is InChI=1S/C15H24N6O/c1-16-15(17-6-5-12-3-4-12)20-7-8-21(14(22)11-20)13-9-18-19(2)10-13/h9-10,12H,3-8,11H2,1-2H3,(H,16,17). The van der Waals surface area contributed by atoms with Crippen molar-refractivity contribution in [2.75, 3.05) is 38.1 Å². The van der Waals surface area contributed by atoms with Gasteiger partial charge in [0.2, 0.25) is 5.91 Å². The van der Waals surface area contributed by atoms with Crippen LogP contribution in [0.1, 0.15) is 19.3 Å². The number of hydrogen-bond acceptors (Lipinski definition) is 3. The minimum Gasteiger partial charge on any atom is -0.356 e. The van der Waals surface area contributed by atoms with Crippen LogP contribution < -0.4 is 10.2 Å². The third kappa shape index (κ3) is 3.40. The number of nitrogens with zero attached hydrogens (tertiary/aromatic N) is 5. The molecule has 22 heavy (non-hydrogen) atoms. The number of carbonyl (C=O) groups excluding carboxylic acids is 1. The molecule has 0 radical (unpaired) electrons. The molecule has 1 N–H and O–H groups in total. The van der Waals surface area contributed by atoms with Gasteiger partial charge in [0.25, 0.3) is 0 Å². The molecule has 0 atom stereocenters. The van der Waals surface area contributed by atoms with Crippen molar-refractivity contribution in [1.29, 1.82) is 0 Å². The van der Waals surface area contributed by atoms with Crippen LogP contribution in [0.3, 0.4) is 0 Å². The van der Waals surface area contributed by atoms with E-state index in [1.54, 1.807) is 22.8 Å². The first-order chi connectivity index (χ1) is 10.7. The summed E-state index contributed by atoms with van der Waals surface area (Å²) < 4.78 is 1.72. The number of piperazine rings is 1. The summed E-state index contributed by atoms with van der Waals surface area (Å²) in [6, 6.07) is 0. The molecule has 7 nitrogen and oxygen atoms in total. The van der Waals surface area contributed by atoms with Crippen LogP contribution in [0.15, 0.2) is 17.4 Å². The van der Waals surface area contributed by atoms with Gasteiger partial charge >= 0.3 is 0 Å². The van der Waals surface area contributed by atoms with Crippen molar-refractivity contribution < 1.29 is 4.79 Å². The van der Waals surface area contributed by atoms with Gasteiger partial charge in [-0.3, -0.25) is 14.5 Å². The monoisotopic (exact) mass is 304 g/mol. The van der Waals surface area contributed by atoms with Crippen LogP contribution in [-0.2, 0) is 11.8 Å². The van der Waals surface area contributed by atoms with Crippen LogP contribution in [-0.4, -0.2) is 59.8 Å². The van der Waals surface area contributed by atoms with Gasteiger partial charge in [-0.1, -0.05) is 12.8 Å². The Morgan fingerprint density at radius 1 is 1.45 bits per heavy atom. The van der Waals surface area contributed by atoms with Gasteiger partial charge in [0.15, 0.2) is 5.96 Å². The Bertz CT molecular complexity index is 562. The Morgan fingerprint density at radius 2 is 2.27 bits per heavy atom. The van der Waals surface area contributed by atoms with Crippen LogP contribution in [0.4, 0.5) is 5.69 Å². The molecule has 3 rings (SSSR count). The van der Waals surface area contributed by atoms with E-state index in [0.29, 0.717) is 13.1 Å². The second-order valence-electron chi connectivity index (χ2n) is 6.05. The number of nitrogens with one attached hydrogen (secondary N) is 1. The molecule has 0 unspecified atom stereocenters. The number of aryl methyl sites for hydroxylation is 1. The summed E-state index contributed by atoms with van der Waals surface area (Å²) in [6.45, 7) is 2.74. The second-order valence-corrected chi connectivity index (χ2v) is 6.05. The lowest BCUT2D eigenvalue weighted by atomic mass is 10.3.